The van der Waals surface area contributed by atoms with E-state index in [-0.39, 0.29) is 11.8 Å². The zero-order valence-electron chi connectivity index (χ0n) is 10.3. The van der Waals surface area contributed by atoms with Gasteiger partial charge in [-0.2, -0.15) is 5.26 Å². The molecular formula is C13H17N3O. The Kier molecular flexibility index (Phi) is 4.24. The van der Waals surface area contributed by atoms with E-state index in [4.69, 9.17) is 11.0 Å². The van der Waals surface area contributed by atoms with Gasteiger partial charge in [0.25, 0.3) is 0 Å². The van der Waals surface area contributed by atoms with Crippen molar-refractivity contribution < 1.29 is 4.79 Å². The van der Waals surface area contributed by atoms with Gasteiger partial charge < -0.3 is 10.6 Å². The van der Waals surface area contributed by atoms with Gasteiger partial charge in [0.2, 0.25) is 5.91 Å². The summed E-state index contributed by atoms with van der Waals surface area (Å²) in [5, 5.41) is 8.98. The summed E-state index contributed by atoms with van der Waals surface area (Å²) >= 11 is 0. The van der Waals surface area contributed by atoms with Crippen molar-refractivity contribution in [2.75, 3.05) is 11.9 Å². The maximum absolute atomic E-state index is 12.0. The molecule has 0 aliphatic carbocycles. The highest BCUT2D eigenvalue weighted by atomic mass is 16.2. The summed E-state index contributed by atoms with van der Waals surface area (Å²) in [6, 6.07) is 8.49. The smallest absolute Gasteiger partial charge is 0.243 e. The number of nitrogens with two attached hydrogens (primary N) is 1. The van der Waals surface area contributed by atoms with Gasteiger partial charge in [-0.25, -0.2) is 0 Å². The molecule has 0 saturated heterocycles. The molecule has 4 heteroatoms. The lowest BCUT2D eigenvalue weighted by Crippen LogP contribution is -2.45. The van der Waals surface area contributed by atoms with E-state index in [1.807, 2.05) is 13.8 Å². The van der Waals surface area contributed by atoms with Crippen molar-refractivity contribution in [2.24, 2.45) is 11.7 Å². The summed E-state index contributed by atoms with van der Waals surface area (Å²) in [5.74, 6) is -0.109. The molecule has 0 unspecified atom stereocenters. The molecule has 0 aromatic heterocycles. The molecule has 0 bridgehead atoms. The van der Waals surface area contributed by atoms with E-state index in [9.17, 15) is 4.79 Å². The zero-order chi connectivity index (χ0) is 13.0. The van der Waals surface area contributed by atoms with Crippen molar-refractivity contribution >= 4 is 11.6 Å². The summed E-state index contributed by atoms with van der Waals surface area (Å²) < 4.78 is 0. The Morgan fingerprint density at radius 2 is 2.00 bits per heavy atom. The van der Waals surface area contributed by atoms with Crippen molar-refractivity contribution in [2.45, 2.75) is 19.9 Å². The molecule has 1 amide bonds. The lowest BCUT2D eigenvalue weighted by Gasteiger charge is -2.24. The largest absolute Gasteiger partial charge is 0.320 e. The Hall–Kier alpha value is -1.86. The normalized spacial score (nSPS) is 12.0. The van der Waals surface area contributed by atoms with Crippen molar-refractivity contribution in [3.8, 4) is 6.07 Å². The van der Waals surface area contributed by atoms with E-state index in [2.05, 4.69) is 6.07 Å². The van der Waals surface area contributed by atoms with Crippen LogP contribution in [0.15, 0.2) is 24.3 Å². The Balaban J connectivity index is 3.01. The highest BCUT2D eigenvalue weighted by Crippen LogP contribution is 2.19. The van der Waals surface area contributed by atoms with Crippen LogP contribution in [-0.2, 0) is 4.79 Å². The van der Waals surface area contributed by atoms with E-state index in [0.717, 1.165) is 0 Å². The average molecular weight is 231 g/mol. The Morgan fingerprint density at radius 3 is 2.53 bits per heavy atom. The predicted molar refractivity (Wildman–Crippen MR) is 67.4 cm³/mol. The fourth-order valence-corrected chi connectivity index (χ4v) is 1.49. The summed E-state index contributed by atoms with van der Waals surface area (Å²) in [6.45, 7) is 3.79. The first-order valence-electron chi connectivity index (χ1n) is 5.51. The summed E-state index contributed by atoms with van der Waals surface area (Å²) in [6.07, 6.45) is 0. The molecule has 2 N–H and O–H groups in total. The maximum Gasteiger partial charge on any atom is 0.243 e. The van der Waals surface area contributed by atoms with Crippen LogP contribution >= 0.6 is 0 Å². The quantitative estimate of drug-likeness (QED) is 0.857. The molecule has 4 nitrogen and oxygen atoms in total. The van der Waals surface area contributed by atoms with Crippen LogP contribution in [0.25, 0.3) is 0 Å². The Bertz CT molecular complexity index is 448. The second-order valence-corrected chi connectivity index (χ2v) is 4.30. The Labute approximate surface area is 102 Å². The van der Waals surface area contributed by atoms with E-state index >= 15 is 0 Å². The third-order valence-corrected chi connectivity index (χ3v) is 2.72. The third-order valence-electron chi connectivity index (χ3n) is 2.72. The van der Waals surface area contributed by atoms with Gasteiger partial charge >= 0.3 is 0 Å². The first-order chi connectivity index (χ1) is 7.99. The van der Waals surface area contributed by atoms with E-state index in [0.29, 0.717) is 11.3 Å². The number of likely N-dealkylation sites (N-methyl/N-ethyl adjacent to an activating group) is 1. The van der Waals surface area contributed by atoms with Crippen molar-refractivity contribution in [1.82, 2.24) is 0 Å². The molecule has 1 aromatic rings. The highest BCUT2D eigenvalue weighted by Gasteiger charge is 2.23. The summed E-state index contributed by atoms with van der Waals surface area (Å²) in [7, 11) is 1.64. The molecule has 1 aromatic carbocycles. The number of carbonyl (C=O) groups is 1. The summed E-state index contributed by atoms with van der Waals surface area (Å²) in [5.41, 5.74) is 6.88. The number of rotatable bonds is 3. The van der Waals surface area contributed by atoms with Crippen molar-refractivity contribution in [1.29, 1.82) is 5.26 Å². The van der Waals surface area contributed by atoms with Crippen LogP contribution in [0.4, 0.5) is 5.69 Å². The van der Waals surface area contributed by atoms with Gasteiger partial charge in [0.1, 0.15) is 6.07 Å². The molecule has 0 fully saturated rings. The van der Waals surface area contributed by atoms with Crippen LogP contribution < -0.4 is 10.6 Å². The van der Waals surface area contributed by atoms with Crippen LogP contribution in [0.5, 0.6) is 0 Å². The number of hydrogen-bond acceptors (Lipinski definition) is 3. The monoisotopic (exact) mass is 231 g/mol. The fourth-order valence-electron chi connectivity index (χ4n) is 1.49. The van der Waals surface area contributed by atoms with Crippen molar-refractivity contribution in [3.05, 3.63) is 29.8 Å². The lowest BCUT2D eigenvalue weighted by atomic mass is 10.0. The highest BCUT2D eigenvalue weighted by molar-refractivity contribution is 5.97. The Morgan fingerprint density at radius 1 is 1.41 bits per heavy atom. The predicted octanol–water partition coefficient (Wildman–Crippen LogP) is 1.50. The van der Waals surface area contributed by atoms with Crippen LogP contribution in [0.3, 0.4) is 0 Å². The van der Waals surface area contributed by atoms with E-state index in [1.165, 1.54) is 4.90 Å². The number of nitriles is 1. The number of carbonyl (C=O) groups excluding carboxylic acids is 1. The number of nitrogens with zero attached hydrogens (tertiary/aromatic N) is 2. The molecule has 0 spiro atoms. The third kappa shape index (κ3) is 2.83. The van der Waals surface area contributed by atoms with Crippen LogP contribution in [0, 0.1) is 17.2 Å². The van der Waals surface area contributed by atoms with E-state index < -0.39 is 6.04 Å². The number of para-hydroxylation sites is 1. The van der Waals surface area contributed by atoms with Crippen molar-refractivity contribution in [3.63, 3.8) is 0 Å². The molecule has 17 heavy (non-hydrogen) atoms. The van der Waals surface area contributed by atoms with Gasteiger partial charge in [-0.15, -0.1) is 0 Å². The second-order valence-electron chi connectivity index (χ2n) is 4.30. The molecule has 0 aliphatic rings. The molecule has 0 aliphatic heterocycles. The molecule has 90 valence electrons. The lowest BCUT2D eigenvalue weighted by molar-refractivity contribution is -0.120. The molecule has 0 saturated carbocycles. The second kappa shape index (κ2) is 5.46. The minimum absolute atomic E-state index is 0.0687. The topological polar surface area (TPSA) is 70.1 Å². The number of hydrogen-bond donors (Lipinski definition) is 1. The summed E-state index contributed by atoms with van der Waals surface area (Å²) in [4.78, 5) is 13.5. The molecular weight excluding hydrogens is 214 g/mol. The minimum atomic E-state index is -0.549. The molecule has 0 heterocycles. The molecule has 0 radical (unpaired) electrons. The standard InChI is InChI=1S/C13H17N3O/c1-9(2)12(15)13(17)16(3)11-7-5-4-6-10(11)8-14/h4-7,9,12H,15H2,1-3H3/t12-/m1/s1. The van der Waals surface area contributed by atoms with Crippen LogP contribution in [0.2, 0.25) is 0 Å². The first-order valence-corrected chi connectivity index (χ1v) is 5.51. The van der Waals surface area contributed by atoms with Crippen LogP contribution in [-0.4, -0.2) is 19.0 Å². The van der Waals surface area contributed by atoms with Gasteiger partial charge in [-0.1, -0.05) is 26.0 Å². The van der Waals surface area contributed by atoms with Crippen LogP contribution in [0.1, 0.15) is 19.4 Å². The minimum Gasteiger partial charge on any atom is -0.320 e. The zero-order valence-corrected chi connectivity index (χ0v) is 10.3. The molecule has 1 rings (SSSR count). The van der Waals surface area contributed by atoms with Gasteiger partial charge in [-0.3, -0.25) is 4.79 Å². The number of anilines is 1. The van der Waals surface area contributed by atoms with E-state index in [1.54, 1.807) is 31.3 Å². The first kappa shape index (κ1) is 13.2. The number of amides is 1. The maximum atomic E-state index is 12.0. The molecule has 1 atom stereocenters. The SMILES string of the molecule is CC(C)[C@@H](N)C(=O)N(C)c1ccccc1C#N. The fraction of sp³-hybridized carbons (Fsp3) is 0.385. The van der Waals surface area contributed by atoms with Gasteiger partial charge in [0, 0.05) is 7.05 Å². The van der Waals surface area contributed by atoms with Gasteiger partial charge in [0.05, 0.1) is 17.3 Å². The van der Waals surface area contributed by atoms with Gasteiger partial charge in [0.15, 0.2) is 0 Å². The van der Waals surface area contributed by atoms with Gasteiger partial charge in [-0.05, 0) is 18.1 Å². The average Bonchev–Trinajstić information content (AvgIpc) is 2.35. The number of benzene rings is 1.